The average molecular weight is 237 g/mol. The molecular formula is C11H15N3OS. The molecule has 4 nitrogen and oxygen atoms in total. The van der Waals surface area contributed by atoms with Crippen molar-refractivity contribution in [2.45, 2.75) is 18.9 Å². The lowest BCUT2D eigenvalue weighted by molar-refractivity contribution is 0.185. The van der Waals surface area contributed by atoms with E-state index in [0.29, 0.717) is 11.6 Å². The molecule has 0 bridgehead atoms. The molecule has 0 radical (unpaired) electrons. The van der Waals surface area contributed by atoms with Gasteiger partial charge in [0, 0.05) is 12.8 Å². The summed E-state index contributed by atoms with van der Waals surface area (Å²) in [6.45, 7) is 3.57. The van der Waals surface area contributed by atoms with E-state index in [1.54, 1.807) is 6.20 Å². The van der Waals surface area contributed by atoms with Gasteiger partial charge in [0.25, 0.3) is 0 Å². The summed E-state index contributed by atoms with van der Waals surface area (Å²) < 4.78 is 5.38. The predicted octanol–water partition coefficient (Wildman–Crippen LogP) is 1.31. The van der Waals surface area contributed by atoms with Gasteiger partial charge >= 0.3 is 0 Å². The Morgan fingerprint density at radius 1 is 1.69 bits per heavy atom. The van der Waals surface area contributed by atoms with Crippen LogP contribution in [-0.2, 0) is 4.74 Å². The number of thiocarbonyl (C=S) groups is 1. The lowest BCUT2D eigenvalue weighted by atomic mass is 10.0. The molecule has 16 heavy (non-hydrogen) atoms. The third-order valence-electron chi connectivity index (χ3n) is 2.71. The van der Waals surface area contributed by atoms with Gasteiger partial charge in [0.1, 0.15) is 10.8 Å². The number of ether oxygens (including phenoxy) is 1. The van der Waals surface area contributed by atoms with E-state index >= 15 is 0 Å². The maximum atomic E-state index is 5.65. The van der Waals surface area contributed by atoms with Gasteiger partial charge in [-0.2, -0.15) is 0 Å². The van der Waals surface area contributed by atoms with Crippen LogP contribution in [-0.4, -0.2) is 28.7 Å². The maximum absolute atomic E-state index is 5.65. The molecule has 1 unspecified atom stereocenters. The molecule has 1 aliphatic heterocycles. The fraction of sp³-hybridized carbons (Fsp3) is 0.455. The van der Waals surface area contributed by atoms with Gasteiger partial charge in [0.05, 0.1) is 17.7 Å². The van der Waals surface area contributed by atoms with Gasteiger partial charge in [-0.15, -0.1) is 0 Å². The van der Waals surface area contributed by atoms with Crippen LogP contribution in [0.5, 0.6) is 0 Å². The summed E-state index contributed by atoms with van der Waals surface area (Å²) in [4.78, 5) is 4.63. The van der Waals surface area contributed by atoms with E-state index in [0.717, 1.165) is 24.4 Å². The van der Waals surface area contributed by atoms with Gasteiger partial charge in [-0.05, 0) is 25.5 Å². The SMILES string of the molecule is CC1(Nc2ncccc2C(N)=S)CCOC1. The monoisotopic (exact) mass is 237 g/mol. The first kappa shape index (κ1) is 11.3. The van der Waals surface area contributed by atoms with Crippen LogP contribution in [0.4, 0.5) is 5.82 Å². The zero-order chi connectivity index (χ0) is 11.6. The molecule has 5 heteroatoms. The highest BCUT2D eigenvalue weighted by Gasteiger charge is 2.30. The van der Waals surface area contributed by atoms with Crippen LogP contribution in [0.3, 0.4) is 0 Å². The lowest BCUT2D eigenvalue weighted by Gasteiger charge is -2.25. The molecule has 1 atom stereocenters. The first-order chi connectivity index (χ1) is 7.61. The molecule has 2 heterocycles. The number of hydrogen-bond donors (Lipinski definition) is 2. The van der Waals surface area contributed by atoms with Crippen molar-refractivity contribution in [2.75, 3.05) is 18.5 Å². The van der Waals surface area contributed by atoms with E-state index in [1.165, 1.54) is 0 Å². The van der Waals surface area contributed by atoms with Crippen molar-refractivity contribution in [1.29, 1.82) is 0 Å². The second-order valence-electron chi connectivity index (χ2n) is 4.25. The molecule has 0 amide bonds. The number of aromatic nitrogens is 1. The van der Waals surface area contributed by atoms with Crippen molar-refractivity contribution < 1.29 is 4.74 Å². The summed E-state index contributed by atoms with van der Waals surface area (Å²) in [6, 6.07) is 3.70. The van der Waals surface area contributed by atoms with Gasteiger partial charge in [0.2, 0.25) is 0 Å². The standard InChI is InChI=1S/C11H15N3OS/c1-11(4-6-15-7-11)14-10-8(9(12)16)3-2-5-13-10/h2-3,5H,4,6-7H2,1H3,(H2,12,16)(H,13,14). The molecule has 0 saturated carbocycles. The molecule has 1 aliphatic rings. The van der Waals surface area contributed by atoms with E-state index < -0.39 is 0 Å². The zero-order valence-electron chi connectivity index (χ0n) is 9.19. The minimum absolute atomic E-state index is 0.0755. The molecule has 2 rings (SSSR count). The molecule has 0 spiro atoms. The molecule has 0 aliphatic carbocycles. The number of hydrogen-bond acceptors (Lipinski definition) is 4. The van der Waals surface area contributed by atoms with E-state index in [1.807, 2.05) is 12.1 Å². The summed E-state index contributed by atoms with van der Waals surface area (Å²) >= 11 is 4.99. The van der Waals surface area contributed by atoms with Crippen molar-refractivity contribution in [1.82, 2.24) is 4.98 Å². The molecule has 1 saturated heterocycles. The Hall–Kier alpha value is -1.20. The van der Waals surface area contributed by atoms with Gasteiger partial charge in [-0.3, -0.25) is 0 Å². The Kier molecular flexibility index (Phi) is 3.07. The van der Waals surface area contributed by atoms with E-state index in [2.05, 4.69) is 17.2 Å². The molecule has 1 aromatic heterocycles. The number of rotatable bonds is 3. The Labute approximate surface area is 100 Å². The van der Waals surface area contributed by atoms with Crippen molar-refractivity contribution in [3.05, 3.63) is 23.9 Å². The normalized spacial score (nSPS) is 24.3. The minimum atomic E-state index is -0.0755. The van der Waals surface area contributed by atoms with Gasteiger partial charge < -0.3 is 15.8 Å². The summed E-state index contributed by atoms with van der Waals surface area (Å²) in [6.07, 6.45) is 2.68. The van der Waals surface area contributed by atoms with Crippen molar-refractivity contribution in [2.24, 2.45) is 5.73 Å². The fourth-order valence-corrected chi connectivity index (χ4v) is 1.92. The summed E-state index contributed by atoms with van der Waals surface area (Å²) in [7, 11) is 0. The van der Waals surface area contributed by atoms with Crippen molar-refractivity contribution >= 4 is 23.0 Å². The second-order valence-corrected chi connectivity index (χ2v) is 4.69. The number of nitrogens with one attached hydrogen (secondary N) is 1. The average Bonchev–Trinajstić information content (AvgIpc) is 2.65. The summed E-state index contributed by atoms with van der Waals surface area (Å²) in [5.74, 6) is 0.739. The van der Waals surface area contributed by atoms with E-state index in [4.69, 9.17) is 22.7 Å². The van der Waals surface area contributed by atoms with Crippen LogP contribution in [0, 0.1) is 0 Å². The number of nitrogens with two attached hydrogens (primary N) is 1. The Balaban J connectivity index is 2.23. The smallest absolute Gasteiger partial charge is 0.136 e. The molecule has 86 valence electrons. The fourth-order valence-electron chi connectivity index (χ4n) is 1.76. The molecule has 3 N–H and O–H groups in total. The molecule has 1 aromatic rings. The van der Waals surface area contributed by atoms with Crippen LogP contribution in [0.25, 0.3) is 0 Å². The lowest BCUT2D eigenvalue weighted by Crippen LogP contribution is -2.36. The number of pyridine rings is 1. The van der Waals surface area contributed by atoms with Gasteiger partial charge in [0.15, 0.2) is 0 Å². The topological polar surface area (TPSA) is 60.2 Å². The van der Waals surface area contributed by atoms with Crippen LogP contribution in [0.1, 0.15) is 18.9 Å². The predicted molar refractivity (Wildman–Crippen MR) is 67.6 cm³/mol. The summed E-state index contributed by atoms with van der Waals surface area (Å²) in [5, 5.41) is 3.36. The van der Waals surface area contributed by atoms with Crippen LogP contribution < -0.4 is 11.1 Å². The number of anilines is 1. The molecule has 1 fully saturated rings. The Bertz CT molecular complexity index is 402. The van der Waals surface area contributed by atoms with Crippen LogP contribution in [0.2, 0.25) is 0 Å². The highest BCUT2D eigenvalue weighted by atomic mass is 32.1. The second kappa shape index (κ2) is 4.35. The zero-order valence-corrected chi connectivity index (χ0v) is 10.0. The van der Waals surface area contributed by atoms with Crippen LogP contribution >= 0.6 is 12.2 Å². The third kappa shape index (κ3) is 2.31. The number of nitrogens with zero attached hydrogens (tertiary/aromatic N) is 1. The van der Waals surface area contributed by atoms with Gasteiger partial charge in [-0.25, -0.2) is 4.98 Å². The molecular weight excluding hydrogens is 222 g/mol. The highest BCUT2D eigenvalue weighted by Crippen LogP contribution is 2.24. The Morgan fingerprint density at radius 2 is 2.50 bits per heavy atom. The summed E-state index contributed by atoms with van der Waals surface area (Å²) in [5.41, 5.74) is 6.36. The quantitative estimate of drug-likeness (QED) is 0.776. The first-order valence-electron chi connectivity index (χ1n) is 5.21. The van der Waals surface area contributed by atoms with Crippen molar-refractivity contribution in [3.63, 3.8) is 0 Å². The minimum Gasteiger partial charge on any atom is -0.389 e. The maximum Gasteiger partial charge on any atom is 0.136 e. The molecule has 0 aromatic carbocycles. The van der Waals surface area contributed by atoms with Crippen molar-refractivity contribution in [3.8, 4) is 0 Å². The Morgan fingerprint density at radius 3 is 3.12 bits per heavy atom. The van der Waals surface area contributed by atoms with Crippen LogP contribution in [0.15, 0.2) is 18.3 Å². The van der Waals surface area contributed by atoms with Gasteiger partial charge in [-0.1, -0.05) is 12.2 Å². The largest absolute Gasteiger partial charge is 0.389 e. The third-order valence-corrected chi connectivity index (χ3v) is 2.93. The first-order valence-corrected chi connectivity index (χ1v) is 5.62. The van der Waals surface area contributed by atoms with E-state index in [-0.39, 0.29) is 5.54 Å². The highest BCUT2D eigenvalue weighted by molar-refractivity contribution is 7.80. The van der Waals surface area contributed by atoms with E-state index in [9.17, 15) is 0 Å².